The molecule has 0 saturated heterocycles. The predicted molar refractivity (Wildman–Crippen MR) is 126 cm³/mol. The number of hydrogen-bond acceptors (Lipinski definition) is 9. The highest BCUT2D eigenvalue weighted by Crippen LogP contribution is 2.32. The molecule has 10 nitrogen and oxygen atoms in total. The zero-order valence-electron chi connectivity index (χ0n) is 19.0. The third-order valence-corrected chi connectivity index (χ3v) is 6.44. The highest BCUT2D eigenvalue weighted by atomic mass is 32.1. The van der Waals surface area contributed by atoms with Crippen molar-refractivity contribution in [3.05, 3.63) is 94.7 Å². The third kappa shape index (κ3) is 4.33. The Balaban J connectivity index is 1.95. The molecule has 1 aliphatic rings. The van der Waals surface area contributed by atoms with Gasteiger partial charge in [0.1, 0.15) is 5.75 Å². The van der Waals surface area contributed by atoms with Crippen molar-refractivity contribution < 1.29 is 24.3 Å². The number of thiazole rings is 1. The largest absolute Gasteiger partial charge is 0.867 e. The summed E-state index contributed by atoms with van der Waals surface area (Å²) in [6.07, 6.45) is 1.31. The molecule has 0 amide bonds. The molecule has 0 radical (unpaired) electrons. The van der Waals surface area contributed by atoms with Crippen LogP contribution in [0.4, 0.5) is 5.69 Å². The number of nitrogens with zero attached hydrogens (tertiary/aromatic N) is 3. The van der Waals surface area contributed by atoms with Crippen LogP contribution < -0.4 is 24.7 Å². The minimum Gasteiger partial charge on any atom is -0.867 e. The lowest BCUT2D eigenvalue weighted by atomic mass is 9.96. The second-order valence-corrected chi connectivity index (χ2v) is 8.54. The molecule has 0 saturated carbocycles. The number of aromatic nitrogens is 1. The normalized spacial score (nSPS) is 15.4. The zero-order valence-corrected chi connectivity index (χ0v) is 19.8. The lowest BCUT2D eigenvalue weighted by Crippen LogP contribution is -2.39. The number of fused-ring (bicyclic) bond motifs is 1. The zero-order chi connectivity index (χ0) is 25.3. The van der Waals surface area contributed by atoms with E-state index in [2.05, 4.69) is 4.99 Å². The summed E-state index contributed by atoms with van der Waals surface area (Å²) in [5.74, 6) is -0.781. The molecule has 35 heavy (non-hydrogen) atoms. The Labute approximate surface area is 202 Å². The number of rotatable bonds is 6. The molecule has 0 aliphatic carbocycles. The fourth-order valence-electron chi connectivity index (χ4n) is 3.83. The molecule has 0 fully saturated rings. The number of ether oxygens (including phenoxy) is 2. The first-order valence-electron chi connectivity index (χ1n) is 10.5. The molecule has 1 atom stereocenters. The van der Waals surface area contributed by atoms with E-state index in [1.54, 1.807) is 38.1 Å². The number of allylic oxidation sites excluding steroid dienone is 1. The number of carbonyl (C=O) groups is 1. The summed E-state index contributed by atoms with van der Waals surface area (Å²) in [5, 5.41) is 23.6. The number of carbonyl (C=O) groups excluding carboxylic acids is 1. The van der Waals surface area contributed by atoms with Crippen molar-refractivity contribution in [2.45, 2.75) is 19.9 Å². The smallest absolute Gasteiger partial charge is 0.338 e. The summed E-state index contributed by atoms with van der Waals surface area (Å²) in [5.41, 5.74) is 0.188. The average Bonchev–Trinajstić information content (AvgIpc) is 3.13. The van der Waals surface area contributed by atoms with Crippen LogP contribution in [0.1, 0.15) is 31.0 Å². The molecular weight excluding hydrogens is 474 g/mol. The van der Waals surface area contributed by atoms with Crippen LogP contribution in [0.3, 0.4) is 0 Å². The summed E-state index contributed by atoms with van der Waals surface area (Å²) >= 11 is 1.03. The van der Waals surface area contributed by atoms with Crippen molar-refractivity contribution in [3.8, 4) is 11.5 Å². The monoisotopic (exact) mass is 494 g/mol. The van der Waals surface area contributed by atoms with Gasteiger partial charge in [-0.3, -0.25) is 19.5 Å². The van der Waals surface area contributed by atoms with Gasteiger partial charge in [-0.2, -0.15) is 0 Å². The van der Waals surface area contributed by atoms with Gasteiger partial charge in [-0.15, -0.1) is 0 Å². The van der Waals surface area contributed by atoms with Gasteiger partial charge in [0.05, 0.1) is 40.5 Å². The van der Waals surface area contributed by atoms with Crippen molar-refractivity contribution in [3.63, 3.8) is 0 Å². The van der Waals surface area contributed by atoms with Crippen LogP contribution in [0.5, 0.6) is 11.5 Å². The van der Waals surface area contributed by atoms with E-state index in [0.717, 1.165) is 17.4 Å². The van der Waals surface area contributed by atoms with E-state index in [0.29, 0.717) is 21.8 Å². The van der Waals surface area contributed by atoms with Gasteiger partial charge in [0.15, 0.2) is 4.80 Å². The number of benzene rings is 2. The van der Waals surface area contributed by atoms with E-state index >= 15 is 0 Å². The van der Waals surface area contributed by atoms with Crippen LogP contribution in [0.25, 0.3) is 6.08 Å². The van der Waals surface area contributed by atoms with Crippen molar-refractivity contribution in [2.24, 2.45) is 4.99 Å². The minimum absolute atomic E-state index is 0.00629. The maximum atomic E-state index is 13.5. The van der Waals surface area contributed by atoms with E-state index in [1.807, 2.05) is 0 Å². The number of para-hydroxylation sites is 1. The van der Waals surface area contributed by atoms with Gasteiger partial charge >= 0.3 is 5.97 Å². The molecule has 180 valence electrons. The highest BCUT2D eigenvalue weighted by Gasteiger charge is 2.33. The SMILES string of the molecule is CCOC(=O)C1=C(C)N=c2s/c(=C\c3cccc([N+](=O)[O-])c3[O-])c(=O)n2[C@@H]1c1ccc(OC)cc1. The standard InChI is InChI=1S/C24H21N3O7S/c1-4-34-23(30)19-13(2)25-24-26(20(19)14-8-10-16(33-3)11-9-14)22(29)18(35-24)12-15-6-5-7-17(21(15)28)27(31)32/h5-12,20,28H,4H2,1-3H3/p-1/b18-12-/t20-/m1/s1. The number of hydrogen-bond donors (Lipinski definition) is 0. The summed E-state index contributed by atoms with van der Waals surface area (Å²) in [4.78, 5) is 41.6. The second kappa shape index (κ2) is 9.55. The number of nitro benzene ring substituents is 1. The fourth-order valence-corrected chi connectivity index (χ4v) is 4.87. The van der Waals surface area contributed by atoms with Gasteiger partial charge in [-0.25, -0.2) is 9.79 Å². The number of methoxy groups -OCH3 is 1. The Morgan fingerprint density at radius 3 is 2.60 bits per heavy atom. The molecule has 0 spiro atoms. The van der Waals surface area contributed by atoms with Gasteiger partial charge in [-0.1, -0.05) is 35.6 Å². The molecule has 0 bridgehead atoms. The lowest BCUT2D eigenvalue weighted by molar-refractivity contribution is -0.398. The van der Waals surface area contributed by atoms with E-state index in [9.17, 15) is 24.8 Å². The van der Waals surface area contributed by atoms with Crippen LogP contribution in [0, 0.1) is 10.1 Å². The van der Waals surface area contributed by atoms with Crippen LogP contribution in [-0.4, -0.2) is 29.2 Å². The number of nitro groups is 1. The fraction of sp³-hybridized carbons (Fsp3) is 0.208. The Morgan fingerprint density at radius 2 is 1.97 bits per heavy atom. The Morgan fingerprint density at radius 1 is 1.26 bits per heavy atom. The average molecular weight is 495 g/mol. The maximum absolute atomic E-state index is 13.5. The molecule has 11 heteroatoms. The third-order valence-electron chi connectivity index (χ3n) is 5.46. The van der Waals surface area contributed by atoms with E-state index in [-0.39, 0.29) is 22.3 Å². The predicted octanol–water partition coefficient (Wildman–Crippen LogP) is 1.79. The van der Waals surface area contributed by atoms with Crippen LogP contribution >= 0.6 is 11.3 Å². The Kier molecular flexibility index (Phi) is 6.52. The summed E-state index contributed by atoms with van der Waals surface area (Å²) < 4.78 is 12.0. The van der Waals surface area contributed by atoms with Gasteiger partial charge in [0.2, 0.25) is 0 Å². The quantitative estimate of drug-likeness (QED) is 0.289. The van der Waals surface area contributed by atoms with Gasteiger partial charge < -0.3 is 14.6 Å². The van der Waals surface area contributed by atoms with E-state index in [1.165, 1.54) is 29.9 Å². The van der Waals surface area contributed by atoms with Crippen molar-refractivity contribution in [1.82, 2.24) is 4.57 Å². The molecule has 2 aromatic carbocycles. The van der Waals surface area contributed by atoms with Crippen molar-refractivity contribution >= 4 is 29.1 Å². The molecule has 2 heterocycles. The first kappa shape index (κ1) is 23.9. The van der Waals surface area contributed by atoms with Crippen molar-refractivity contribution in [2.75, 3.05) is 13.7 Å². The number of esters is 1. The molecule has 1 aromatic heterocycles. The molecule has 0 N–H and O–H groups in total. The molecule has 4 rings (SSSR count). The Bertz CT molecular complexity index is 1530. The second-order valence-electron chi connectivity index (χ2n) is 7.53. The maximum Gasteiger partial charge on any atom is 0.338 e. The molecular formula is C24H20N3O7S-. The van der Waals surface area contributed by atoms with Gasteiger partial charge in [-0.05, 0) is 48.9 Å². The molecule has 1 aliphatic heterocycles. The highest BCUT2D eigenvalue weighted by molar-refractivity contribution is 7.07. The van der Waals surface area contributed by atoms with Gasteiger partial charge in [0, 0.05) is 6.07 Å². The molecule has 0 unspecified atom stereocenters. The summed E-state index contributed by atoms with van der Waals surface area (Å²) in [6.45, 7) is 3.50. The van der Waals surface area contributed by atoms with Crippen LogP contribution in [0.2, 0.25) is 0 Å². The minimum atomic E-state index is -0.824. The molecule has 3 aromatic rings. The summed E-state index contributed by atoms with van der Waals surface area (Å²) in [7, 11) is 1.53. The first-order valence-corrected chi connectivity index (χ1v) is 11.4. The van der Waals surface area contributed by atoms with Crippen LogP contribution in [0.15, 0.2) is 63.5 Å². The first-order chi connectivity index (χ1) is 16.8. The van der Waals surface area contributed by atoms with Crippen molar-refractivity contribution in [1.29, 1.82) is 0 Å². The van der Waals surface area contributed by atoms with E-state index in [4.69, 9.17) is 9.47 Å². The topological polar surface area (TPSA) is 136 Å². The van der Waals surface area contributed by atoms with E-state index < -0.39 is 33.9 Å². The lowest BCUT2D eigenvalue weighted by Gasteiger charge is -2.24. The van der Waals surface area contributed by atoms with Gasteiger partial charge in [0.25, 0.3) is 11.2 Å². The summed E-state index contributed by atoms with van der Waals surface area (Å²) in [6, 6.07) is 10.0. The van der Waals surface area contributed by atoms with Crippen LogP contribution in [-0.2, 0) is 9.53 Å². The Hall–Kier alpha value is -4.25.